The molecule has 3 aromatic rings. The number of hydrogen-bond acceptors (Lipinski definition) is 12. The van der Waals surface area contributed by atoms with E-state index in [9.17, 15) is 27.6 Å². The Kier molecular flexibility index (Phi) is 16.2. The van der Waals surface area contributed by atoms with Gasteiger partial charge in [-0.1, -0.05) is 0 Å². The van der Waals surface area contributed by atoms with Crippen LogP contribution in [0.5, 0.6) is 0 Å². The molecule has 0 radical (unpaired) electrons. The molecule has 16 nitrogen and oxygen atoms in total. The maximum atomic E-state index is 13.3. The minimum Gasteiger partial charge on any atom is -0.444 e. The summed E-state index contributed by atoms with van der Waals surface area (Å²) < 4.78 is 69.0. The first-order valence-electron chi connectivity index (χ1n) is 18.9. The van der Waals surface area contributed by atoms with Crippen LogP contribution in [-0.4, -0.2) is 104 Å². The number of unbranched alkanes of at least 4 members (excludes halogenated alkanes) is 3. The fourth-order valence-electron chi connectivity index (χ4n) is 5.95. The number of allylic oxidation sites excluding steroid dienone is 2. The van der Waals surface area contributed by atoms with Crippen molar-refractivity contribution in [1.82, 2.24) is 25.4 Å². The van der Waals surface area contributed by atoms with Gasteiger partial charge in [0.25, 0.3) is 17.7 Å². The molecule has 19 heteroatoms. The Labute approximate surface area is 327 Å². The Morgan fingerprint density at radius 3 is 2.33 bits per heavy atom. The van der Waals surface area contributed by atoms with Crippen LogP contribution in [0, 0.1) is 0 Å². The zero-order chi connectivity index (χ0) is 40.6. The van der Waals surface area contributed by atoms with Crippen molar-refractivity contribution in [2.24, 2.45) is 11.5 Å². The summed E-state index contributed by atoms with van der Waals surface area (Å²) in [5, 5.41) is 9.58. The quantitative estimate of drug-likeness (QED) is 0.0994. The van der Waals surface area contributed by atoms with E-state index in [0.717, 1.165) is 64.2 Å². The molecule has 57 heavy (non-hydrogen) atoms. The van der Waals surface area contributed by atoms with E-state index in [-0.39, 0.29) is 40.7 Å². The summed E-state index contributed by atoms with van der Waals surface area (Å²) in [6.45, 7) is 2.92. The smallest absolute Gasteiger partial charge is 0.401 e. The van der Waals surface area contributed by atoms with E-state index in [1.165, 1.54) is 34.1 Å². The minimum absolute atomic E-state index is 0.0487. The highest BCUT2D eigenvalue weighted by molar-refractivity contribution is 5.97. The molecular weight excluding hydrogens is 753 g/mol. The van der Waals surface area contributed by atoms with Crippen molar-refractivity contribution in [3.05, 3.63) is 77.9 Å². The summed E-state index contributed by atoms with van der Waals surface area (Å²) in [7, 11) is 0. The van der Waals surface area contributed by atoms with E-state index in [1.54, 1.807) is 24.3 Å². The minimum atomic E-state index is -4.57. The number of rotatable bonds is 23. The van der Waals surface area contributed by atoms with Gasteiger partial charge in [-0.25, -0.2) is 9.67 Å². The van der Waals surface area contributed by atoms with Crippen molar-refractivity contribution in [3.63, 3.8) is 0 Å². The van der Waals surface area contributed by atoms with Gasteiger partial charge in [-0.05, 0) is 87.8 Å². The average Bonchev–Trinajstić information content (AvgIpc) is 3.88. The van der Waals surface area contributed by atoms with Crippen molar-refractivity contribution in [3.8, 4) is 5.69 Å². The highest BCUT2D eigenvalue weighted by Crippen LogP contribution is 2.30. The molecule has 1 fully saturated rings. The fourth-order valence-corrected chi connectivity index (χ4v) is 5.95. The van der Waals surface area contributed by atoms with Crippen LogP contribution in [-0.2, 0) is 18.9 Å². The van der Waals surface area contributed by atoms with Crippen molar-refractivity contribution in [2.45, 2.75) is 70.0 Å². The van der Waals surface area contributed by atoms with Gasteiger partial charge >= 0.3 is 6.18 Å². The zero-order valence-electron chi connectivity index (χ0n) is 31.5. The Balaban J connectivity index is 1.04. The number of aromatic nitrogens is 3. The Morgan fingerprint density at radius 1 is 0.930 bits per heavy atom. The van der Waals surface area contributed by atoms with Crippen LogP contribution >= 0.6 is 0 Å². The average molecular weight is 803 g/mol. The molecule has 5 rings (SSSR count). The van der Waals surface area contributed by atoms with E-state index in [4.69, 9.17) is 34.8 Å². The lowest BCUT2D eigenvalue weighted by atomic mass is 10.1. The number of alkyl halides is 3. The van der Waals surface area contributed by atoms with Gasteiger partial charge in [0.2, 0.25) is 5.89 Å². The third-order valence-electron chi connectivity index (χ3n) is 8.92. The molecule has 310 valence electrons. The second kappa shape index (κ2) is 21.4. The number of oxazole rings is 1. The maximum absolute atomic E-state index is 13.3. The van der Waals surface area contributed by atoms with E-state index in [1.807, 2.05) is 0 Å². The van der Waals surface area contributed by atoms with Gasteiger partial charge in [0.15, 0.2) is 17.7 Å². The molecule has 2 aliphatic heterocycles. The van der Waals surface area contributed by atoms with Gasteiger partial charge in [-0.2, -0.15) is 18.3 Å². The largest absolute Gasteiger partial charge is 0.444 e. The highest BCUT2D eigenvalue weighted by Gasteiger charge is 2.32. The predicted molar refractivity (Wildman–Crippen MR) is 201 cm³/mol. The second-order valence-corrected chi connectivity index (χ2v) is 13.3. The lowest BCUT2D eigenvalue weighted by molar-refractivity contribution is -0.163. The summed E-state index contributed by atoms with van der Waals surface area (Å²) in [5.74, 6) is -2.09. The maximum Gasteiger partial charge on any atom is 0.401 e. The molecule has 0 spiro atoms. The molecule has 1 saturated heterocycles. The van der Waals surface area contributed by atoms with Gasteiger partial charge in [0.05, 0.1) is 37.3 Å². The SMILES string of the molecule is NC(=O)c1coc(C2=CC(NCC(F)(F)F)N(c3cn(-c4ccc(C(=O)NCCCCCOCCOCCCCOC5CCCCO5)cc4)nc3C(N)=O)C=C2)n1. The molecule has 3 amide bonds. The Morgan fingerprint density at radius 2 is 1.67 bits per heavy atom. The number of nitrogens with one attached hydrogen (secondary N) is 2. The summed E-state index contributed by atoms with van der Waals surface area (Å²) in [4.78, 5) is 42.1. The van der Waals surface area contributed by atoms with Crippen LogP contribution in [0.15, 0.2) is 59.5 Å². The molecule has 2 atom stereocenters. The number of carbonyl (C=O) groups is 3. The van der Waals surface area contributed by atoms with E-state index >= 15 is 0 Å². The first-order valence-corrected chi connectivity index (χ1v) is 18.9. The predicted octanol–water partition coefficient (Wildman–Crippen LogP) is 4.21. The number of amides is 3. The van der Waals surface area contributed by atoms with Crippen molar-refractivity contribution in [1.29, 1.82) is 0 Å². The zero-order valence-corrected chi connectivity index (χ0v) is 31.5. The standard InChI is InChI=1S/C38H49F3N8O8/c39-38(40,41)25-45-31-22-27(37-46-29(24-57-37)34(42)50)13-15-48(31)30-23-49(47-33(30)35(43)51)28-11-9-26(10-12-28)36(52)44-14-3-1-4-16-53-20-21-54-17-6-7-19-56-32-8-2-5-18-55-32/h9-13,15,22-24,31-32,45H,1-8,14,16-21,25H2,(H2,42,50)(H2,43,51)(H,44,52). The normalized spacial score (nSPS) is 17.1. The van der Waals surface area contributed by atoms with Crippen LogP contribution in [0.4, 0.5) is 18.9 Å². The molecule has 1 aromatic carbocycles. The van der Waals surface area contributed by atoms with Crippen LogP contribution in [0.25, 0.3) is 11.3 Å². The number of nitrogens with zero attached hydrogens (tertiary/aromatic N) is 4. The van der Waals surface area contributed by atoms with Crippen LogP contribution in [0.2, 0.25) is 0 Å². The molecule has 0 aliphatic carbocycles. The lowest BCUT2D eigenvalue weighted by Gasteiger charge is -2.32. The van der Waals surface area contributed by atoms with Crippen molar-refractivity contribution in [2.75, 3.05) is 57.6 Å². The van der Waals surface area contributed by atoms with E-state index in [2.05, 4.69) is 20.7 Å². The van der Waals surface area contributed by atoms with E-state index in [0.29, 0.717) is 50.8 Å². The number of benzene rings is 1. The second-order valence-electron chi connectivity index (χ2n) is 13.3. The van der Waals surface area contributed by atoms with Crippen LogP contribution in [0.1, 0.15) is 88.6 Å². The molecule has 2 aliphatic rings. The van der Waals surface area contributed by atoms with Gasteiger partial charge in [-0.15, -0.1) is 0 Å². The number of nitrogens with two attached hydrogens (primary N) is 2. The Hall–Kier alpha value is -5.08. The van der Waals surface area contributed by atoms with E-state index < -0.39 is 30.7 Å². The summed E-state index contributed by atoms with van der Waals surface area (Å²) >= 11 is 0. The summed E-state index contributed by atoms with van der Waals surface area (Å²) in [6, 6.07) is 6.41. The monoisotopic (exact) mass is 802 g/mol. The van der Waals surface area contributed by atoms with Crippen molar-refractivity contribution >= 4 is 29.0 Å². The molecule has 6 N–H and O–H groups in total. The topological polar surface area (TPSA) is 211 Å². The number of hydrogen-bond donors (Lipinski definition) is 4. The number of halogens is 3. The molecular formula is C38H49F3N8O8. The fraction of sp³-hybridized carbons (Fsp3) is 0.500. The van der Waals surface area contributed by atoms with Crippen LogP contribution in [0.3, 0.4) is 0 Å². The molecule has 4 heterocycles. The van der Waals surface area contributed by atoms with Gasteiger partial charge in [0.1, 0.15) is 12.4 Å². The van der Waals surface area contributed by atoms with Crippen molar-refractivity contribution < 1.29 is 50.9 Å². The molecule has 2 aromatic heterocycles. The third-order valence-corrected chi connectivity index (χ3v) is 8.92. The molecule has 0 bridgehead atoms. The molecule has 0 saturated carbocycles. The number of ether oxygens (including phenoxy) is 4. The highest BCUT2D eigenvalue weighted by atomic mass is 19.4. The van der Waals surface area contributed by atoms with Crippen LogP contribution < -0.4 is 27.0 Å². The number of primary amides is 2. The number of anilines is 1. The molecule has 2 unspecified atom stereocenters. The lowest BCUT2D eigenvalue weighted by Crippen LogP contribution is -2.47. The number of carbonyl (C=O) groups excluding carboxylic acids is 3. The summed E-state index contributed by atoms with van der Waals surface area (Å²) in [5.41, 5.74) is 11.7. The first kappa shape index (κ1) is 43.1. The third kappa shape index (κ3) is 13.5. The van der Waals surface area contributed by atoms with Gasteiger partial charge < -0.3 is 45.0 Å². The Bertz CT molecular complexity index is 1820. The van der Waals surface area contributed by atoms with Gasteiger partial charge in [0, 0.05) is 50.3 Å². The first-order chi connectivity index (χ1) is 27.5. The summed E-state index contributed by atoms with van der Waals surface area (Å²) in [6.07, 6.45) is 8.51. The van der Waals surface area contributed by atoms with Gasteiger partial charge in [-0.3, -0.25) is 19.7 Å².